The molecule has 0 N–H and O–H groups in total. The Morgan fingerprint density at radius 2 is 1.77 bits per heavy atom. The number of hydrogen-bond donors (Lipinski definition) is 0. The summed E-state index contributed by atoms with van der Waals surface area (Å²) >= 11 is 0. The van der Waals surface area contributed by atoms with Gasteiger partial charge in [0, 0.05) is 23.1 Å². The SMILES string of the molecule is Cc1cc(=O)oc2cc(OCC(=O)c3ccc(OC(F)F)cc3)ccc12. The third kappa shape index (κ3) is 4.05. The number of carbonyl (C=O) groups excluding carboxylic acids is 1. The molecule has 0 atom stereocenters. The van der Waals surface area contributed by atoms with Gasteiger partial charge in [0.1, 0.15) is 17.1 Å². The van der Waals surface area contributed by atoms with Crippen LogP contribution in [0.15, 0.2) is 57.7 Å². The number of aryl methyl sites for hydroxylation is 1. The minimum atomic E-state index is -2.92. The number of fused-ring (bicyclic) bond motifs is 1. The first-order valence-corrected chi connectivity index (χ1v) is 7.68. The van der Waals surface area contributed by atoms with Crippen LogP contribution in [0, 0.1) is 6.92 Å². The summed E-state index contributed by atoms with van der Waals surface area (Å²) in [4.78, 5) is 23.6. The largest absolute Gasteiger partial charge is 0.485 e. The zero-order chi connectivity index (χ0) is 18.7. The van der Waals surface area contributed by atoms with Crippen molar-refractivity contribution in [1.82, 2.24) is 0 Å². The quantitative estimate of drug-likeness (QED) is 0.492. The van der Waals surface area contributed by atoms with Crippen LogP contribution in [0.4, 0.5) is 8.78 Å². The van der Waals surface area contributed by atoms with Gasteiger partial charge in [-0.15, -0.1) is 0 Å². The molecule has 0 unspecified atom stereocenters. The van der Waals surface area contributed by atoms with Gasteiger partial charge in [0.2, 0.25) is 0 Å². The number of carbonyl (C=O) groups is 1. The van der Waals surface area contributed by atoms with Crippen molar-refractivity contribution in [3.8, 4) is 11.5 Å². The maximum absolute atomic E-state index is 12.1. The zero-order valence-electron chi connectivity index (χ0n) is 13.7. The molecule has 0 aliphatic heterocycles. The summed E-state index contributed by atoms with van der Waals surface area (Å²) in [5.41, 5.74) is 0.988. The number of Topliss-reactive ketones (excluding diaryl/α,β-unsaturated/α-hetero) is 1. The third-order valence-electron chi connectivity index (χ3n) is 3.69. The number of alkyl halides is 2. The van der Waals surface area contributed by atoms with E-state index in [1.54, 1.807) is 19.1 Å². The second kappa shape index (κ2) is 7.35. The summed E-state index contributed by atoms with van der Waals surface area (Å²) in [6.45, 7) is -1.38. The van der Waals surface area contributed by atoms with E-state index >= 15 is 0 Å². The highest BCUT2D eigenvalue weighted by Gasteiger charge is 2.10. The van der Waals surface area contributed by atoms with E-state index < -0.39 is 12.2 Å². The second-order valence-corrected chi connectivity index (χ2v) is 5.52. The van der Waals surface area contributed by atoms with Crippen LogP contribution in [-0.4, -0.2) is 19.0 Å². The summed E-state index contributed by atoms with van der Waals surface area (Å²) in [6.07, 6.45) is 0. The fourth-order valence-electron chi connectivity index (χ4n) is 2.45. The lowest BCUT2D eigenvalue weighted by Gasteiger charge is -2.08. The van der Waals surface area contributed by atoms with Gasteiger partial charge in [0.15, 0.2) is 12.4 Å². The molecular formula is C19H14F2O5. The van der Waals surface area contributed by atoms with E-state index in [2.05, 4.69) is 4.74 Å². The highest BCUT2D eigenvalue weighted by Crippen LogP contribution is 2.22. The molecule has 2 aromatic carbocycles. The van der Waals surface area contributed by atoms with Gasteiger partial charge in [0.25, 0.3) is 0 Å². The maximum atomic E-state index is 12.1. The van der Waals surface area contributed by atoms with Gasteiger partial charge in [-0.3, -0.25) is 4.79 Å². The second-order valence-electron chi connectivity index (χ2n) is 5.52. The number of rotatable bonds is 6. The van der Waals surface area contributed by atoms with Gasteiger partial charge in [-0.2, -0.15) is 8.78 Å². The Hall–Kier alpha value is -3.22. The Kier molecular flexibility index (Phi) is 4.97. The van der Waals surface area contributed by atoms with Crippen LogP contribution in [0.3, 0.4) is 0 Å². The first-order valence-electron chi connectivity index (χ1n) is 7.68. The fraction of sp³-hybridized carbons (Fsp3) is 0.158. The molecule has 0 aliphatic rings. The lowest BCUT2D eigenvalue weighted by Crippen LogP contribution is -2.11. The number of halogens is 2. The highest BCUT2D eigenvalue weighted by atomic mass is 19.3. The van der Waals surface area contributed by atoms with E-state index in [9.17, 15) is 18.4 Å². The Morgan fingerprint density at radius 1 is 1.08 bits per heavy atom. The van der Waals surface area contributed by atoms with E-state index in [0.29, 0.717) is 16.9 Å². The van der Waals surface area contributed by atoms with Crippen molar-refractivity contribution in [3.63, 3.8) is 0 Å². The molecule has 0 spiro atoms. The van der Waals surface area contributed by atoms with Gasteiger partial charge in [0.05, 0.1) is 0 Å². The molecule has 0 saturated carbocycles. The Balaban J connectivity index is 1.69. The van der Waals surface area contributed by atoms with Crippen molar-refractivity contribution in [1.29, 1.82) is 0 Å². The van der Waals surface area contributed by atoms with Gasteiger partial charge < -0.3 is 13.9 Å². The van der Waals surface area contributed by atoms with Crippen LogP contribution < -0.4 is 15.1 Å². The van der Waals surface area contributed by atoms with Crippen molar-refractivity contribution < 1.29 is 27.5 Å². The van der Waals surface area contributed by atoms with E-state index in [0.717, 1.165) is 10.9 Å². The number of hydrogen-bond acceptors (Lipinski definition) is 5. The highest BCUT2D eigenvalue weighted by molar-refractivity contribution is 5.97. The molecule has 3 rings (SSSR count). The summed E-state index contributed by atoms with van der Waals surface area (Å²) < 4.78 is 39.0. The van der Waals surface area contributed by atoms with Crippen LogP contribution in [0.25, 0.3) is 11.0 Å². The zero-order valence-corrected chi connectivity index (χ0v) is 13.7. The van der Waals surface area contributed by atoms with Gasteiger partial charge in [-0.25, -0.2) is 4.79 Å². The summed E-state index contributed by atoms with van der Waals surface area (Å²) in [6, 6.07) is 11.7. The molecule has 0 radical (unpaired) electrons. The standard InChI is InChI=1S/C19H14F2O5/c1-11-8-18(23)26-17-9-14(6-7-15(11)17)24-10-16(22)12-2-4-13(5-3-12)25-19(20)21/h2-9,19H,10H2,1H3. The molecule has 0 amide bonds. The van der Waals surface area contributed by atoms with Crippen molar-refractivity contribution >= 4 is 16.8 Å². The minimum absolute atomic E-state index is 0.0302. The first kappa shape index (κ1) is 17.6. The molecule has 0 saturated heterocycles. The van der Waals surface area contributed by atoms with Crippen LogP contribution >= 0.6 is 0 Å². The van der Waals surface area contributed by atoms with Crippen LogP contribution in [0.5, 0.6) is 11.5 Å². The van der Waals surface area contributed by atoms with Crippen molar-refractivity contribution in [2.24, 2.45) is 0 Å². The minimum Gasteiger partial charge on any atom is -0.485 e. The molecular weight excluding hydrogens is 346 g/mol. The predicted octanol–water partition coefficient (Wildman–Crippen LogP) is 3.96. The number of ether oxygens (including phenoxy) is 2. The predicted molar refractivity (Wildman–Crippen MR) is 90.1 cm³/mol. The normalized spacial score (nSPS) is 10.9. The monoisotopic (exact) mass is 360 g/mol. The summed E-state index contributed by atoms with van der Waals surface area (Å²) in [5, 5.41) is 0.776. The van der Waals surface area contributed by atoms with Crippen molar-refractivity contribution in [2.75, 3.05) is 6.61 Å². The van der Waals surface area contributed by atoms with Crippen LogP contribution in [-0.2, 0) is 0 Å². The molecule has 26 heavy (non-hydrogen) atoms. The van der Waals surface area contributed by atoms with E-state index in [1.807, 2.05) is 0 Å². The number of ketones is 1. The smallest absolute Gasteiger partial charge is 0.387 e. The van der Waals surface area contributed by atoms with Crippen LogP contribution in [0.2, 0.25) is 0 Å². The van der Waals surface area contributed by atoms with E-state index in [4.69, 9.17) is 9.15 Å². The molecule has 0 aliphatic carbocycles. The molecule has 0 bridgehead atoms. The summed E-state index contributed by atoms with van der Waals surface area (Å²) in [5.74, 6) is 0.00837. The Bertz CT molecular complexity index is 993. The van der Waals surface area contributed by atoms with E-state index in [-0.39, 0.29) is 18.1 Å². The third-order valence-corrected chi connectivity index (χ3v) is 3.69. The topological polar surface area (TPSA) is 65.7 Å². The Morgan fingerprint density at radius 3 is 2.46 bits per heavy atom. The van der Waals surface area contributed by atoms with Gasteiger partial charge in [-0.1, -0.05) is 0 Å². The molecule has 7 heteroatoms. The van der Waals surface area contributed by atoms with Crippen LogP contribution in [0.1, 0.15) is 15.9 Å². The summed E-state index contributed by atoms with van der Waals surface area (Å²) in [7, 11) is 0. The molecule has 1 heterocycles. The maximum Gasteiger partial charge on any atom is 0.387 e. The molecule has 1 aromatic heterocycles. The van der Waals surface area contributed by atoms with E-state index in [1.165, 1.54) is 36.4 Å². The fourth-order valence-corrected chi connectivity index (χ4v) is 2.45. The lowest BCUT2D eigenvalue weighted by molar-refractivity contribution is -0.0498. The molecule has 134 valence electrons. The Labute approximate surface area is 146 Å². The molecule has 3 aromatic rings. The lowest BCUT2D eigenvalue weighted by atomic mass is 10.1. The first-order chi connectivity index (χ1) is 12.4. The molecule has 5 nitrogen and oxygen atoms in total. The molecule has 0 fully saturated rings. The van der Waals surface area contributed by atoms with Gasteiger partial charge >= 0.3 is 12.2 Å². The number of benzene rings is 2. The van der Waals surface area contributed by atoms with Gasteiger partial charge in [-0.05, 0) is 48.9 Å². The van der Waals surface area contributed by atoms with Crippen molar-refractivity contribution in [2.45, 2.75) is 13.5 Å². The van der Waals surface area contributed by atoms with Crippen molar-refractivity contribution in [3.05, 3.63) is 70.1 Å². The average molecular weight is 360 g/mol. The average Bonchev–Trinajstić information content (AvgIpc) is 2.59.